The van der Waals surface area contributed by atoms with Crippen LogP contribution in [0.25, 0.3) is 0 Å². The average Bonchev–Trinajstić information content (AvgIpc) is 2.85. The lowest BCUT2D eigenvalue weighted by Gasteiger charge is -1.99. The molecule has 0 saturated heterocycles. The largest absolute Gasteiger partial charge is 0.455 e. The molecule has 2 atom stereocenters. The van der Waals surface area contributed by atoms with Crippen molar-refractivity contribution < 1.29 is 14.4 Å². The second-order valence-electron chi connectivity index (χ2n) is 3.47. The van der Waals surface area contributed by atoms with Crippen LogP contribution in [0.3, 0.4) is 0 Å². The van der Waals surface area contributed by atoms with E-state index in [0.717, 1.165) is 12.0 Å². The van der Waals surface area contributed by atoms with Crippen LogP contribution < -0.4 is 0 Å². The summed E-state index contributed by atoms with van der Waals surface area (Å²) in [5.74, 6) is -0.128. The minimum Gasteiger partial charge on any atom is -0.427 e. The smallest absolute Gasteiger partial charge is 0.427 e. The molecule has 2 N–H and O–H groups in total. The Morgan fingerprint density at radius 3 is 2.31 bits per heavy atom. The van der Waals surface area contributed by atoms with Gasteiger partial charge in [-0.1, -0.05) is 12.1 Å². The van der Waals surface area contributed by atoms with Gasteiger partial charge < -0.3 is 10.0 Å². The van der Waals surface area contributed by atoms with Gasteiger partial charge in [-0.05, 0) is 30.0 Å². The molecule has 0 radical (unpaired) electrons. The molecule has 1 aromatic carbocycles. The second kappa shape index (κ2) is 3.12. The summed E-state index contributed by atoms with van der Waals surface area (Å²) in [5.41, 5.74) is 0.986. The van der Waals surface area contributed by atoms with E-state index in [4.69, 9.17) is 10.0 Å². The Kier molecular flexibility index (Phi) is 2.10. The van der Waals surface area contributed by atoms with Gasteiger partial charge >= 0.3 is 7.12 Å². The zero-order chi connectivity index (χ0) is 9.42. The summed E-state index contributed by atoms with van der Waals surface area (Å²) >= 11 is 0. The number of hydrogen-bond donors (Lipinski definition) is 2. The standard InChI is InChI=1S/C9H10BFO2/c11-7-3-1-6(2-4-7)8-5-9(8)10(12)13/h1-4,8-9,12-13H,5H2/t8-,9-/m0/s1. The van der Waals surface area contributed by atoms with Crippen molar-refractivity contribution in [2.45, 2.75) is 18.2 Å². The van der Waals surface area contributed by atoms with E-state index in [-0.39, 0.29) is 17.6 Å². The van der Waals surface area contributed by atoms with E-state index in [1.165, 1.54) is 12.1 Å². The fourth-order valence-electron chi connectivity index (χ4n) is 1.64. The summed E-state index contributed by atoms with van der Waals surface area (Å²) in [6, 6.07) is 6.19. The molecule has 4 heteroatoms. The fourth-order valence-corrected chi connectivity index (χ4v) is 1.64. The van der Waals surface area contributed by atoms with Crippen LogP contribution in [0, 0.1) is 5.82 Å². The molecule has 68 valence electrons. The second-order valence-corrected chi connectivity index (χ2v) is 3.47. The maximum atomic E-state index is 12.5. The van der Waals surface area contributed by atoms with Crippen molar-refractivity contribution in [3.05, 3.63) is 35.6 Å². The molecule has 2 nitrogen and oxygen atoms in total. The molecule has 0 unspecified atom stereocenters. The quantitative estimate of drug-likeness (QED) is 0.670. The first kappa shape index (κ1) is 8.72. The summed E-state index contributed by atoms with van der Waals surface area (Å²) < 4.78 is 12.5. The van der Waals surface area contributed by atoms with Gasteiger partial charge in [0.15, 0.2) is 0 Å². The molecule has 1 fully saturated rings. The van der Waals surface area contributed by atoms with E-state index in [0.29, 0.717) is 0 Å². The van der Waals surface area contributed by atoms with Gasteiger partial charge in [0.05, 0.1) is 0 Å². The van der Waals surface area contributed by atoms with Crippen LogP contribution in [0.2, 0.25) is 5.82 Å². The predicted molar refractivity (Wildman–Crippen MR) is 47.7 cm³/mol. The number of benzene rings is 1. The first-order chi connectivity index (χ1) is 6.18. The number of rotatable bonds is 2. The predicted octanol–water partition coefficient (Wildman–Crippen LogP) is 1.16. The molecule has 13 heavy (non-hydrogen) atoms. The van der Waals surface area contributed by atoms with Crippen molar-refractivity contribution in [3.63, 3.8) is 0 Å². The summed E-state index contributed by atoms with van der Waals surface area (Å²) in [6.45, 7) is 0. The first-order valence-corrected chi connectivity index (χ1v) is 4.30. The average molecular weight is 180 g/mol. The van der Waals surface area contributed by atoms with Crippen LogP contribution in [0.4, 0.5) is 4.39 Å². The molecule has 0 heterocycles. The molecule has 1 aromatic rings. The van der Waals surface area contributed by atoms with Crippen molar-refractivity contribution in [2.75, 3.05) is 0 Å². The van der Waals surface area contributed by atoms with E-state index >= 15 is 0 Å². The third-order valence-electron chi connectivity index (χ3n) is 2.52. The van der Waals surface area contributed by atoms with E-state index in [9.17, 15) is 4.39 Å². The third-order valence-corrected chi connectivity index (χ3v) is 2.52. The molecule has 1 aliphatic rings. The zero-order valence-corrected chi connectivity index (χ0v) is 7.02. The van der Waals surface area contributed by atoms with Crippen molar-refractivity contribution in [1.82, 2.24) is 0 Å². The van der Waals surface area contributed by atoms with Crippen molar-refractivity contribution in [2.24, 2.45) is 0 Å². The van der Waals surface area contributed by atoms with Crippen molar-refractivity contribution in [3.8, 4) is 0 Å². The van der Waals surface area contributed by atoms with Gasteiger partial charge in [-0.3, -0.25) is 0 Å². The van der Waals surface area contributed by atoms with Crippen LogP contribution in [-0.4, -0.2) is 17.2 Å². The Morgan fingerprint density at radius 2 is 1.85 bits per heavy atom. The highest BCUT2D eigenvalue weighted by Gasteiger charge is 2.46. The minimum atomic E-state index is -1.24. The van der Waals surface area contributed by atoms with E-state index in [1.807, 2.05) is 0 Å². The third kappa shape index (κ3) is 1.74. The molecule has 0 amide bonds. The van der Waals surface area contributed by atoms with Gasteiger partial charge in [-0.25, -0.2) is 4.39 Å². The van der Waals surface area contributed by atoms with Crippen molar-refractivity contribution >= 4 is 7.12 Å². The fraction of sp³-hybridized carbons (Fsp3) is 0.333. The van der Waals surface area contributed by atoms with Gasteiger partial charge in [0.25, 0.3) is 0 Å². The molecule has 1 aliphatic carbocycles. The Hall–Kier alpha value is -0.865. The molecule has 0 aromatic heterocycles. The Bertz CT molecular complexity index is 299. The van der Waals surface area contributed by atoms with Crippen molar-refractivity contribution in [1.29, 1.82) is 0 Å². The molecule has 2 rings (SSSR count). The number of hydrogen-bond acceptors (Lipinski definition) is 2. The summed E-state index contributed by atoms with van der Waals surface area (Å²) in [5, 5.41) is 17.7. The van der Waals surface area contributed by atoms with Gasteiger partial charge in [0, 0.05) is 5.82 Å². The normalized spacial score (nSPS) is 25.8. The monoisotopic (exact) mass is 180 g/mol. The zero-order valence-electron chi connectivity index (χ0n) is 7.02. The van der Waals surface area contributed by atoms with Gasteiger partial charge in [-0.15, -0.1) is 0 Å². The minimum absolute atomic E-state index is 0.0644. The Balaban J connectivity index is 2.08. The first-order valence-electron chi connectivity index (χ1n) is 4.30. The van der Waals surface area contributed by atoms with Crippen LogP contribution in [0.5, 0.6) is 0 Å². The van der Waals surface area contributed by atoms with Gasteiger partial charge in [0.1, 0.15) is 5.82 Å². The number of halogens is 1. The SMILES string of the molecule is OB(O)[C@H]1C[C@H]1c1ccc(F)cc1. The maximum Gasteiger partial charge on any atom is 0.455 e. The highest BCUT2D eigenvalue weighted by molar-refractivity contribution is 6.44. The summed E-state index contributed by atoms with van der Waals surface area (Å²) in [7, 11) is -1.24. The van der Waals surface area contributed by atoms with E-state index in [1.54, 1.807) is 12.1 Å². The van der Waals surface area contributed by atoms with Crippen LogP contribution in [0.1, 0.15) is 17.9 Å². The summed E-state index contributed by atoms with van der Waals surface area (Å²) in [6.07, 6.45) is 0.781. The van der Waals surface area contributed by atoms with Crippen LogP contribution in [0.15, 0.2) is 24.3 Å². The molecular formula is C9H10BFO2. The molecule has 0 bridgehead atoms. The summed E-state index contributed by atoms with van der Waals surface area (Å²) in [4.78, 5) is 0. The van der Waals surface area contributed by atoms with Crippen LogP contribution >= 0.6 is 0 Å². The molecule has 1 saturated carbocycles. The lowest BCUT2D eigenvalue weighted by Crippen LogP contribution is -2.11. The lowest BCUT2D eigenvalue weighted by atomic mass is 9.81. The lowest BCUT2D eigenvalue weighted by molar-refractivity contribution is 0.402. The van der Waals surface area contributed by atoms with E-state index in [2.05, 4.69) is 0 Å². The topological polar surface area (TPSA) is 40.5 Å². The van der Waals surface area contributed by atoms with Crippen LogP contribution in [-0.2, 0) is 0 Å². The molecule has 0 spiro atoms. The highest BCUT2D eigenvalue weighted by atomic mass is 19.1. The molecule has 0 aliphatic heterocycles. The Labute approximate surface area is 76.2 Å². The van der Waals surface area contributed by atoms with Gasteiger partial charge in [-0.2, -0.15) is 0 Å². The maximum absolute atomic E-state index is 12.5. The Morgan fingerprint density at radius 1 is 1.23 bits per heavy atom. The van der Waals surface area contributed by atoms with Gasteiger partial charge in [0.2, 0.25) is 0 Å². The highest BCUT2D eigenvalue weighted by Crippen LogP contribution is 2.53. The molecular weight excluding hydrogens is 170 g/mol. The van der Waals surface area contributed by atoms with E-state index < -0.39 is 7.12 Å².